The maximum Gasteiger partial charge on any atom is 0.410 e. The molecule has 0 aromatic carbocycles. The number of ketones is 1. The zero-order valence-corrected chi connectivity index (χ0v) is 16.8. The van der Waals surface area contributed by atoms with E-state index in [-0.39, 0.29) is 18.1 Å². The molecule has 2 fully saturated rings. The molecule has 1 heterocycles. The lowest BCUT2D eigenvalue weighted by molar-refractivity contribution is -0.129. The Morgan fingerprint density at radius 3 is 2.48 bits per heavy atom. The molecule has 1 saturated carbocycles. The standard InChI is InChI=1S/C21H37NO3/c1-6-8-16-9-10-19(23)17(13-16)18-14-15(7-2)11-12-22(18)20(24)25-21(3,4)5/h15-18H,6-14H2,1-5H3. The van der Waals surface area contributed by atoms with Gasteiger partial charge in [-0.3, -0.25) is 4.79 Å². The zero-order chi connectivity index (χ0) is 18.6. The van der Waals surface area contributed by atoms with Gasteiger partial charge in [0.1, 0.15) is 11.4 Å². The van der Waals surface area contributed by atoms with Crippen molar-refractivity contribution in [3.8, 4) is 0 Å². The molecule has 4 nitrogen and oxygen atoms in total. The third-order valence-corrected chi connectivity index (χ3v) is 5.92. The van der Waals surface area contributed by atoms with Crippen LogP contribution in [0.5, 0.6) is 0 Å². The number of Topliss-reactive ketones (excluding diaryl/α,β-unsaturated/α-hetero) is 1. The van der Waals surface area contributed by atoms with Gasteiger partial charge in [-0.2, -0.15) is 0 Å². The van der Waals surface area contributed by atoms with Crippen molar-refractivity contribution >= 4 is 11.9 Å². The van der Waals surface area contributed by atoms with Crippen molar-refractivity contribution in [2.75, 3.05) is 6.54 Å². The van der Waals surface area contributed by atoms with Crippen molar-refractivity contribution in [2.45, 2.75) is 97.6 Å². The van der Waals surface area contributed by atoms with Crippen LogP contribution in [0, 0.1) is 17.8 Å². The number of carbonyl (C=O) groups excluding carboxylic acids is 2. The minimum absolute atomic E-state index is 0.00664. The first-order chi connectivity index (χ1) is 11.7. The Labute approximate surface area is 153 Å². The minimum atomic E-state index is -0.495. The van der Waals surface area contributed by atoms with Crippen LogP contribution in [0.25, 0.3) is 0 Å². The maximum absolute atomic E-state index is 12.8. The molecule has 1 aliphatic carbocycles. The summed E-state index contributed by atoms with van der Waals surface area (Å²) in [4.78, 5) is 27.4. The molecule has 2 rings (SSSR count). The van der Waals surface area contributed by atoms with Gasteiger partial charge in [-0.05, 0) is 58.3 Å². The van der Waals surface area contributed by atoms with E-state index in [2.05, 4.69) is 13.8 Å². The first kappa shape index (κ1) is 20.3. The van der Waals surface area contributed by atoms with Gasteiger partial charge in [-0.1, -0.05) is 33.1 Å². The second kappa shape index (κ2) is 8.55. The predicted molar refractivity (Wildman–Crippen MR) is 100 cm³/mol. The lowest BCUT2D eigenvalue weighted by atomic mass is 9.71. The average molecular weight is 352 g/mol. The molecule has 25 heavy (non-hydrogen) atoms. The largest absolute Gasteiger partial charge is 0.444 e. The number of hydrogen-bond acceptors (Lipinski definition) is 3. The summed E-state index contributed by atoms with van der Waals surface area (Å²) in [5.41, 5.74) is -0.495. The summed E-state index contributed by atoms with van der Waals surface area (Å²) in [6.45, 7) is 10.9. The fourth-order valence-electron chi connectivity index (χ4n) is 4.56. The van der Waals surface area contributed by atoms with Crippen molar-refractivity contribution in [2.24, 2.45) is 17.8 Å². The van der Waals surface area contributed by atoms with Crippen molar-refractivity contribution in [3.05, 3.63) is 0 Å². The number of ether oxygens (including phenoxy) is 1. The molecular weight excluding hydrogens is 314 g/mol. The SMILES string of the molecule is CCCC1CCC(=O)C(C2CC(CC)CCN2C(=O)OC(C)(C)C)C1. The van der Waals surface area contributed by atoms with Crippen LogP contribution in [0.3, 0.4) is 0 Å². The van der Waals surface area contributed by atoms with E-state index in [0.717, 1.165) is 38.6 Å². The van der Waals surface area contributed by atoms with Crippen LogP contribution in [-0.2, 0) is 9.53 Å². The third-order valence-electron chi connectivity index (χ3n) is 5.92. The van der Waals surface area contributed by atoms with Crippen LogP contribution in [0.4, 0.5) is 4.79 Å². The molecule has 0 aromatic heterocycles. The topological polar surface area (TPSA) is 46.6 Å². The Bertz CT molecular complexity index is 468. The van der Waals surface area contributed by atoms with Gasteiger partial charge < -0.3 is 9.64 Å². The van der Waals surface area contributed by atoms with E-state index in [1.807, 2.05) is 25.7 Å². The highest BCUT2D eigenvalue weighted by atomic mass is 16.6. The zero-order valence-electron chi connectivity index (χ0n) is 16.8. The van der Waals surface area contributed by atoms with Crippen LogP contribution in [0.2, 0.25) is 0 Å². The van der Waals surface area contributed by atoms with Gasteiger partial charge in [-0.25, -0.2) is 4.79 Å². The first-order valence-electron chi connectivity index (χ1n) is 10.3. The first-order valence-corrected chi connectivity index (χ1v) is 10.3. The smallest absolute Gasteiger partial charge is 0.410 e. The Morgan fingerprint density at radius 1 is 1.16 bits per heavy atom. The molecule has 0 N–H and O–H groups in total. The monoisotopic (exact) mass is 351 g/mol. The Hall–Kier alpha value is -1.06. The van der Waals surface area contributed by atoms with Crippen LogP contribution in [0.15, 0.2) is 0 Å². The van der Waals surface area contributed by atoms with Crippen LogP contribution in [0.1, 0.15) is 86.0 Å². The highest BCUT2D eigenvalue weighted by molar-refractivity contribution is 5.83. The molecule has 1 amide bonds. The van der Waals surface area contributed by atoms with E-state index >= 15 is 0 Å². The van der Waals surface area contributed by atoms with Crippen molar-refractivity contribution in [1.82, 2.24) is 4.90 Å². The van der Waals surface area contributed by atoms with Gasteiger partial charge in [0.2, 0.25) is 0 Å². The number of rotatable bonds is 4. The van der Waals surface area contributed by atoms with Crippen LogP contribution >= 0.6 is 0 Å². The fraction of sp³-hybridized carbons (Fsp3) is 0.905. The van der Waals surface area contributed by atoms with Crippen molar-refractivity contribution in [3.63, 3.8) is 0 Å². The lowest BCUT2D eigenvalue weighted by Crippen LogP contribution is -2.53. The van der Waals surface area contributed by atoms with Gasteiger partial charge in [0.05, 0.1) is 0 Å². The molecule has 4 heteroatoms. The molecular formula is C21H37NO3. The summed E-state index contributed by atoms with van der Waals surface area (Å²) in [7, 11) is 0. The summed E-state index contributed by atoms with van der Waals surface area (Å²) in [6, 6.07) is 0.0284. The van der Waals surface area contributed by atoms with E-state index in [0.29, 0.717) is 24.0 Å². The van der Waals surface area contributed by atoms with Gasteiger partial charge >= 0.3 is 6.09 Å². The molecule has 1 aliphatic heterocycles. The summed E-state index contributed by atoms with van der Waals surface area (Å²) >= 11 is 0. The molecule has 0 aromatic rings. The molecule has 4 atom stereocenters. The number of piperidine rings is 1. The average Bonchev–Trinajstić information content (AvgIpc) is 2.54. The summed E-state index contributed by atoms with van der Waals surface area (Å²) < 4.78 is 5.65. The molecule has 2 aliphatic rings. The van der Waals surface area contributed by atoms with Crippen molar-refractivity contribution < 1.29 is 14.3 Å². The molecule has 0 spiro atoms. The summed E-state index contributed by atoms with van der Waals surface area (Å²) in [5, 5.41) is 0. The highest BCUT2D eigenvalue weighted by Crippen LogP contribution is 2.38. The second-order valence-corrected chi connectivity index (χ2v) is 9.04. The van der Waals surface area contributed by atoms with Gasteiger partial charge in [0.15, 0.2) is 0 Å². The third kappa shape index (κ3) is 5.46. The quantitative estimate of drug-likeness (QED) is 0.699. The van der Waals surface area contributed by atoms with E-state index < -0.39 is 5.60 Å². The van der Waals surface area contributed by atoms with E-state index in [1.54, 1.807) is 0 Å². The summed E-state index contributed by atoms with van der Waals surface area (Å²) in [5.74, 6) is 1.62. The van der Waals surface area contributed by atoms with Crippen molar-refractivity contribution in [1.29, 1.82) is 0 Å². The molecule has 144 valence electrons. The Balaban J connectivity index is 2.17. The Kier molecular flexibility index (Phi) is 6.93. The van der Waals surface area contributed by atoms with E-state index in [9.17, 15) is 9.59 Å². The molecule has 0 radical (unpaired) electrons. The van der Waals surface area contributed by atoms with Crippen LogP contribution < -0.4 is 0 Å². The predicted octanol–water partition coefficient (Wildman–Crippen LogP) is 5.20. The number of amides is 1. The molecule has 1 saturated heterocycles. The van der Waals surface area contributed by atoms with Crippen LogP contribution in [-0.4, -0.2) is 35.0 Å². The normalized spacial score (nSPS) is 31.1. The number of hydrogen-bond donors (Lipinski definition) is 0. The maximum atomic E-state index is 12.8. The molecule has 0 bridgehead atoms. The minimum Gasteiger partial charge on any atom is -0.444 e. The van der Waals surface area contributed by atoms with Gasteiger partial charge in [0.25, 0.3) is 0 Å². The number of carbonyl (C=O) groups is 2. The van der Waals surface area contributed by atoms with Gasteiger partial charge in [0, 0.05) is 24.9 Å². The highest BCUT2D eigenvalue weighted by Gasteiger charge is 2.42. The fourth-order valence-corrected chi connectivity index (χ4v) is 4.56. The number of likely N-dealkylation sites (tertiary alicyclic amines) is 1. The summed E-state index contributed by atoms with van der Waals surface area (Å²) in [6.07, 6.45) is 7.88. The second-order valence-electron chi connectivity index (χ2n) is 9.04. The van der Waals surface area contributed by atoms with Gasteiger partial charge in [-0.15, -0.1) is 0 Å². The number of nitrogens with zero attached hydrogens (tertiary/aromatic N) is 1. The molecule has 4 unspecified atom stereocenters. The lowest BCUT2D eigenvalue weighted by Gasteiger charge is -2.45. The van der Waals surface area contributed by atoms with E-state index in [4.69, 9.17) is 4.74 Å². The van der Waals surface area contributed by atoms with E-state index in [1.165, 1.54) is 12.8 Å². The Morgan fingerprint density at radius 2 is 1.88 bits per heavy atom.